The molecular formula is C12H13NO2S. The summed E-state index contributed by atoms with van der Waals surface area (Å²) in [6.45, 7) is 2.93. The van der Waals surface area contributed by atoms with Crippen LogP contribution in [0, 0.1) is 0 Å². The monoisotopic (exact) mass is 235 g/mol. The molecule has 2 aromatic rings. The lowest BCUT2D eigenvalue weighted by atomic mass is 10.3. The molecule has 0 amide bonds. The Hall–Kier alpha value is -1.55. The second kappa shape index (κ2) is 4.99. The molecule has 0 fully saturated rings. The van der Waals surface area contributed by atoms with E-state index in [4.69, 9.17) is 4.74 Å². The third-order valence-corrected chi connectivity index (χ3v) is 2.98. The van der Waals surface area contributed by atoms with E-state index in [-0.39, 0.29) is 5.97 Å². The number of ether oxygens (including phenoxy) is 1. The molecule has 3 nitrogen and oxygen atoms in total. The maximum absolute atomic E-state index is 11.6. The fourth-order valence-corrected chi connectivity index (χ4v) is 2.18. The highest BCUT2D eigenvalue weighted by Crippen LogP contribution is 2.11. The van der Waals surface area contributed by atoms with Gasteiger partial charge in [-0.1, -0.05) is 0 Å². The van der Waals surface area contributed by atoms with Crippen LogP contribution in [-0.4, -0.2) is 17.1 Å². The second-order valence-corrected chi connectivity index (χ2v) is 4.15. The third kappa shape index (κ3) is 2.33. The maximum atomic E-state index is 11.6. The molecule has 0 aliphatic rings. The van der Waals surface area contributed by atoms with Gasteiger partial charge in [0.15, 0.2) is 0 Å². The second-order valence-electron chi connectivity index (χ2n) is 3.37. The van der Waals surface area contributed by atoms with Crippen LogP contribution in [0.3, 0.4) is 0 Å². The normalized spacial score (nSPS) is 10.3. The van der Waals surface area contributed by atoms with Crippen LogP contribution in [0.15, 0.2) is 35.2 Å². The van der Waals surface area contributed by atoms with E-state index in [0.29, 0.717) is 18.8 Å². The summed E-state index contributed by atoms with van der Waals surface area (Å²) in [4.78, 5) is 11.6. The molecule has 0 unspecified atom stereocenters. The quantitative estimate of drug-likeness (QED) is 0.763. The Kier molecular flexibility index (Phi) is 3.41. The van der Waals surface area contributed by atoms with Gasteiger partial charge in [-0.3, -0.25) is 0 Å². The minimum atomic E-state index is -0.261. The van der Waals surface area contributed by atoms with Gasteiger partial charge in [-0.2, -0.15) is 11.3 Å². The van der Waals surface area contributed by atoms with Crippen LogP contribution in [0.4, 0.5) is 0 Å². The van der Waals surface area contributed by atoms with Gasteiger partial charge in [-0.15, -0.1) is 0 Å². The predicted molar refractivity (Wildman–Crippen MR) is 63.8 cm³/mol. The van der Waals surface area contributed by atoms with Crippen molar-refractivity contribution in [3.05, 3.63) is 46.4 Å². The Morgan fingerprint density at radius 2 is 2.38 bits per heavy atom. The lowest BCUT2D eigenvalue weighted by Crippen LogP contribution is -2.12. The van der Waals surface area contributed by atoms with Crippen LogP contribution in [-0.2, 0) is 11.3 Å². The van der Waals surface area contributed by atoms with Gasteiger partial charge in [0.1, 0.15) is 5.69 Å². The highest BCUT2D eigenvalue weighted by molar-refractivity contribution is 7.07. The van der Waals surface area contributed by atoms with E-state index in [1.54, 1.807) is 17.4 Å². The number of hydrogen-bond donors (Lipinski definition) is 0. The van der Waals surface area contributed by atoms with Gasteiger partial charge in [0, 0.05) is 12.7 Å². The van der Waals surface area contributed by atoms with Gasteiger partial charge in [-0.25, -0.2) is 4.79 Å². The molecule has 16 heavy (non-hydrogen) atoms. The van der Waals surface area contributed by atoms with Crippen molar-refractivity contribution in [3.8, 4) is 0 Å². The minimum absolute atomic E-state index is 0.261. The number of nitrogens with zero attached hydrogens (tertiary/aromatic N) is 1. The van der Waals surface area contributed by atoms with E-state index in [9.17, 15) is 4.79 Å². The first-order chi connectivity index (χ1) is 7.81. The predicted octanol–water partition coefficient (Wildman–Crippen LogP) is 2.77. The van der Waals surface area contributed by atoms with Crippen molar-refractivity contribution in [2.45, 2.75) is 13.5 Å². The third-order valence-electron chi connectivity index (χ3n) is 2.25. The zero-order valence-corrected chi connectivity index (χ0v) is 9.87. The van der Waals surface area contributed by atoms with Crippen molar-refractivity contribution < 1.29 is 9.53 Å². The molecule has 0 spiro atoms. The largest absolute Gasteiger partial charge is 0.461 e. The standard InChI is InChI=1S/C12H13NO2S/c1-2-15-12(14)11-4-3-6-13(11)8-10-5-7-16-9-10/h3-7,9H,2,8H2,1H3. The topological polar surface area (TPSA) is 31.2 Å². The summed E-state index contributed by atoms with van der Waals surface area (Å²) in [6, 6.07) is 5.70. The lowest BCUT2D eigenvalue weighted by molar-refractivity contribution is 0.0514. The molecule has 4 heteroatoms. The molecule has 0 saturated heterocycles. The van der Waals surface area contributed by atoms with Crippen molar-refractivity contribution in [3.63, 3.8) is 0 Å². The van der Waals surface area contributed by atoms with Gasteiger partial charge >= 0.3 is 5.97 Å². The molecule has 0 atom stereocenters. The van der Waals surface area contributed by atoms with Gasteiger partial charge in [0.2, 0.25) is 0 Å². The summed E-state index contributed by atoms with van der Waals surface area (Å²) < 4.78 is 6.89. The summed E-state index contributed by atoms with van der Waals surface area (Å²) >= 11 is 1.66. The summed E-state index contributed by atoms with van der Waals surface area (Å²) in [6.07, 6.45) is 1.89. The average molecular weight is 235 g/mol. The van der Waals surface area contributed by atoms with Crippen LogP contribution < -0.4 is 0 Å². The molecule has 0 N–H and O–H groups in total. The number of hydrogen-bond acceptors (Lipinski definition) is 3. The van der Waals surface area contributed by atoms with Crippen LogP contribution in [0.5, 0.6) is 0 Å². The molecule has 2 rings (SSSR count). The molecule has 0 aliphatic carbocycles. The molecular weight excluding hydrogens is 222 g/mol. The molecule has 0 radical (unpaired) electrons. The number of esters is 1. The highest BCUT2D eigenvalue weighted by Gasteiger charge is 2.11. The molecule has 0 aromatic carbocycles. The zero-order chi connectivity index (χ0) is 11.4. The Labute approximate surface area is 98.3 Å². The van der Waals surface area contributed by atoms with Crippen LogP contribution in [0.2, 0.25) is 0 Å². The average Bonchev–Trinajstić information content (AvgIpc) is 2.90. The minimum Gasteiger partial charge on any atom is -0.461 e. The molecule has 0 aliphatic heterocycles. The van der Waals surface area contributed by atoms with Crippen molar-refractivity contribution >= 4 is 17.3 Å². The highest BCUT2D eigenvalue weighted by atomic mass is 32.1. The van der Waals surface area contributed by atoms with E-state index >= 15 is 0 Å². The zero-order valence-electron chi connectivity index (χ0n) is 9.05. The molecule has 84 valence electrons. The number of aromatic nitrogens is 1. The van der Waals surface area contributed by atoms with E-state index in [1.807, 2.05) is 29.1 Å². The summed E-state index contributed by atoms with van der Waals surface area (Å²) in [5.41, 5.74) is 1.81. The van der Waals surface area contributed by atoms with E-state index in [0.717, 1.165) is 0 Å². The van der Waals surface area contributed by atoms with Crippen molar-refractivity contribution in [2.75, 3.05) is 6.61 Å². The van der Waals surface area contributed by atoms with Gasteiger partial charge < -0.3 is 9.30 Å². The number of thiophene rings is 1. The Bertz CT molecular complexity index is 459. The Morgan fingerprint density at radius 3 is 3.06 bits per heavy atom. The molecule has 0 bridgehead atoms. The van der Waals surface area contributed by atoms with Crippen LogP contribution >= 0.6 is 11.3 Å². The van der Waals surface area contributed by atoms with Crippen molar-refractivity contribution in [2.24, 2.45) is 0 Å². The summed E-state index contributed by atoms with van der Waals surface area (Å²) in [5.74, 6) is -0.261. The van der Waals surface area contributed by atoms with Crippen LogP contribution in [0.25, 0.3) is 0 Å². The number of carbonyl (C=O) groups excluding carboxylic acids is 1. The molecule has 0 saturated carbocycles. The molecule has 2 aromatic heterocycles. The van der Waals surface area contributed by atoms with E-state index in [1.165, 1.54) is 5.56 Å². The van der Waals surface area contributed by atoms with Crippen LogP contribution in [0.1, 0.15) is 23.0 Å². The smallest absolute Gasteiger partial charge is 0.354 e. The van der Waals surface area contributed by atoms with Gasteiger partial charge in [-0.05, 0) is 41.4 Å². The lowest BCUT2D eigenvalue weighted by Gasteiger charge is -2.07. The van der Waals surface area contributed by atoms with Gasteiger partial charge in [0.05, 0.1) is 6.61 Å². The first-order valence-electron chi connectivity index (χ1n) is 5.14. The first kappa shape index (κ1) is 11.0. The fourth-order valence-electron chi connectivity index (χ4n) is 1.52. The maximum Gasteiger partial charge on any atom is 0.354 e. The number of carbonyl (C=O) groups is 1. The molecule has 2 heterocycles. The Morgan fingerprint density at radius 1 is 1.50 bits per heavy atom. The van der Waals surface area contributed by atoms with Gasteiger partial charge in [0.25, 0.3) is 0 Å². The fraction of sp³-hybridized carbons (Fsp3) is 0.250. The number of rotatable bonds is 4. The SMILES string of the molecule is CCOC(=O)c1cccn1Cc1ccsc1. The van der Waals surface area contributed by atoms with E-state index < -0.39 is 0 Å². The first-order valence-corrected chi connectivity index (χ1v) is 6.09. The Balaban J connectivity index is 2.16. The van der Waals surface area contributed by atoms with Crippen molar-refractivity contribution in [1.82, 2.24) is 4.57 Å². The van der Waals surface area contributed by atoms with Crippen molar-refractivity contribution in [1.29, 1.82) is 0 Å². The summed E-state index contributed by atoms with van der Waals surface area (Å²) in [5, 5.41) is 4.11. The summed E-state index contributed by atoms with van der Waals surface area (Å²) in [7, 11) is 0. The van der Waals surface area contributed by atoms with E-state index in [2.05, 4.69) is 11.4 Å².